The van der Waals surface area contributed by atoms with Gasteiger partial charge in [0.05, 0.1) is 0 Å². The van der Waals surface area contributed by atoms with Crippen LogP contribution < -0.4 is 4.74 Å². The van der Waals surface area contributed by atoms with Crippen molar-refractivity contribution in [2.75, 3.05) is 0 Å². The van der Waals surface area contributed by atoms with Crippen molar-refractivity contribution in [3.8, 4) is 5.75 Å². The number of hydrogen-bond acceptors (Lipinski definition) is 2. The van der Waals surface area contributed by atoms with Crippen molar-refractivity contribution in [3.63, 3.8) is 0 Å². The Bertz CT molecular complexity index is 440. The topological polar surface area (TPSA) is 22.1 Å². The van der Waals surface area contributed by atoms with Crippen LogP contribution in [0.5, 0.6) is 5.75 Å². The number of pyridine rings is 1. The molecule has 2 aromatic rings. The smallest absolute Gasteiger partial charge is 0.387 e. The monoisotopic (exact) mass is 194 g/mol. The van der Waals surface area contributed by atoms with Gasteiger partial charge in [-0.15, -0.1) is 0 Å². The lowest BCUT2D eigenvalue weighted by molar-refractivity contribution is -0.0489. The van der Waals surface area contributed by atoms with E-state index in [1.807, 2.05) is 0 Å². The second-order valence-corrected chi connectivity index (χ2v) is 2.62. The van der Waals surface area contributed by atoms with Crippen molar-refractivity contribution < 1.29 is 13.5 Å². The van der Waals surface area contributed by atoms with E-state index in [1.165, 1.54) is 18.3 Å². The Hall–Kier alpha value is -1.71. The molecule has 0 amide bonds. The van der Waals surface area contributed by atoms with E-state index in [1.54, 1.807) is 12.1 Å². The molecule has 0 saturated carbocycles. The molecule has 1 aromatic carbocycles. The fraction of sp³-hybridized carbons (Fsp3) is 0.100. The van der Waals surface area contributed by atoms with Gasteiger partial charge in [0, 0.05) is 11.6 Å². The molecule has 0 fully saturated rings. The first-order chi connectivity index (χ1) is 6.77. The van der Waals surface area contributed by atoms with Crippen LogP contribution in [0.3, 0.4) is 0 Å². The number of ether oxygens (including phenoxy) is 1. The summed E-state index contributed by atoms with van der Waals surface area (Å²) in [6, 6.07) is 9.27. The molecule has 0 aliphatic carbocycles. The molecule has 0 aliphatic rings. The SMILES string of the molecule is FC(F)Oc1cc[c]c2cccnc12. The first-order valence-electron chi connectivity index (χ1n) is 3.97. The van der Waals surface area contributed by atoms with Crippen molar-refractivity contribution in [2.24, 2.45) is 0 Å². The molecule has 0 aliphatic heterocycles. The summed E-state index contributed by atoms with van der Waals surface area (Å²) >= 11 is 0. The van der Waals surface area contributed by atoms with Crippen LogP contribution in [0.15, 0.2) is 30.5 Å². The Balaban J connectivity index is 2.53. The third-order valence-corrected chi connectivity index (χ3v) is 1.73. The zero-order chi connectivity index (χ0) is 9.97. The molecule has 0 bridgehead atoms. The Morgan fingerprint density at radius 3 is 3.00 bits per heavy atom. The first-order valence-corrected chi connectivity index (χ1v) is 3.97. The number of nitrogens with zero attached hydrogens (tertiary/aromatic N) is 1. The summed E-state index contributed by atoms with van der Waals surface area (Å²) in [7, 11) is 0. The Labute approximate surface area is 79.1 Å². The summed E-state index contributed by atoms with van der Waals surface area (Å²) in [6.45, 7) is -2.83. The lowest BCUT2D eigenvalue weighted by atomic mass is 10.2. The largest absolute Gasteiger partial charge is 0.432 e. The lowest BCUT2D eigenvalue weighted by Crippen LogP contribution is -2.02. The number of aromatic nitrogens is 1. The standard InChI is InChI=1S/C10H6F2NO/c11-10(12)14-8-5-1-3-7-4-2-6-13-9(7)8/h1-2,4-6,10H. The molecule has 1 radical (unpaired) electrons. The predicted octanol–water partition coefficient (Wildman–Crippen LogP) is 2.64. The minimum atomic E-state index is -2.83. The Kier molecular flexibility index (Phi) is 2.26. The van der Waals surface area contributed by atoms with Gasteiger partial charge in [-0.3, -0.25) is 4.98 Å². The fourth-order valence-electron chi connectivity index (χ4n) is 1.20. The van der Waals surface area contributed by atoms with E-state index in [9.17, 15) is 8.78 Å². The molecule has 0 N–H and O–H groups in total. The number of hydrogen-bond donors (Lipinski definition) is 0. The third kappa shape index (κ3) is 1.64. The number of fused-ring (bicyclic) bond motifs is 1. The fourth-order valence-corrected chi connectivity index (χ4v) is 1.20. The van der Waals surface area contributed by atoms with Crippen molar-refractivity contribution >= 4 is 10.9 Å². The molecular weight excluding hydrogens is 188 g/mol. The normalized spacial score (nSPS) is 10.8. The van der Waals surface area contributed by atoms with Crippen LogP contribution in [0.4, 0.5) is 8.78 Å². The molecule has 0 unspecified atom stereocenters. The molecule has 4 heteroatoms. The highest BCUT2D eigenvalue weighted by Crippen LogP contribution is 2.23. The molecule has 1 aromatic heterocycles. The molecule has 14 heavy (non-hydrogen) atoms. The van der Waals surface area contributed by atoms with Gasteiger partial charge in [0.25, 0.3) is 0 Å². The average molecular weight is 194 g/mol. The first kappa shape index (κ1) is 8.87. The highest BCUT2D eigenvalue weighted by atomic mass is 19.3. The van der Waals surface area contributed by atoms with Crippen LogP contribution in [0, 0.1) is 6.07 Å². The lowest BCUT2D eigenvalue weighted by Gasteiger charge is -2.06. The van der Waals surface area contributed by atoms with E-state index >= 15 is 0 Å². The Morgan fingerprint density at radius 2 is 2.21 bits per heavy atom. The quantitative estimate of drug-likeness (QED) is 0.733. The summed E-state index contributed by atoms with van der Waals surface area (Å²) in [5, 5.41) is 0.658. The molecule has 2 nitrogen and oxygen atoms in total. The average Bonchev–Trinajstić information content (AvgIpc) is 2.18. The van der Waals surface area contributed by atoms with Gasteiger partial charge in [-0.05, 0) is 24.3 Å². The van der Waals surface area contributed by atoms with Gasteiger partial charge < -0.3 is 4.74 Å². The molecule has 1 heterocycles. The second kappa shape index (κ2) is 3.57. The maximum absolute atomic E-state index is 12.0. The van der Waals surface area contributed by atoms with E-state index in [2.05, 4.69) is 15.8 Å². The van der Waals surface area contributed by atoms with Crippen molar-refractivity contribution in [2.45, 2.75) is 6.61 Å². The van der Waals surface area contributed by atoms with Crippen molar-refractivity contribution in [3.05, 3.63) is 36.5 Å². The summed E-state index contributed by atoms with van der Waals surface area (Å²) in [5.41, 5.74) is 0.398. The maximum Gasteiger partial charge on any atom is 0.387 e. The highest BCUT2D eigenvalue weighted by molar-refractivity contribution is 5.83. The van der Waals surface area contributed by atoms with Gasteiger partial charge >= 0.3 is 6.61 Å². The minimum absolute atomic E-state index is 0.0781. The molecule has 2 rings (SSSR count). The van der Waals surface area contributed by atoms with E-state index in [4.69, 9.17) is 0 Å². The van der Waals surface area contributed by atoms with Gasteiger partial charge in [0.1, 0.15) is 5.52 Å². The zero-order valence-electron chi connectivity index (χ0n) is 7.08. The van der Waals surface area contributed by atoms with Crippen LogP contribution in [-0.2, 0) is 0 Å². The summed E-state index contributed by atoms with van der Waals surface area (Å²) in [6.07, 6.45) is 1.52. The van der Waals surface area contributed by atoms with Gasteiger partial charge in [-0.25, -0.2) is 0 Å². The third-order valence-electron chi connectivity index (χ3n) is 1.73. The maximum atomic E-state index is 12.0. The number of rotatable bonds is 2. The number of alkyl halides is 2. The zero-order valence-corrected chi connectivity index (χ0v) is 7.08. The van der Waals surface area contributed by atoms with Crippen molar-refractivity contribution in [1.29, 1.82) is 0 Å². The van der Waals surface area contributed by atoms with Crippen LogP contribution in [-0.4, -0.2) is 11.6 Å². The van der Waals surface area contributed by atoms with Crippen LogP contribution in [0.25, 0.3) is 10.9 Å². The van der Waals surface area contributed by atoms with E-state index in [0.717, 1.165) is 0 Å². The van der Waals surface area contributed by atoms with Gasteiger partial charge in [-0.2, -0.15) is 8.78 Å². The molecule has 0 spiro atoms. The van der Waals surface area contributed by atoms with E-state index in [0.29, 0.717) is 10.9 Å². The molecule has 0 saturated heterocycles. The summed E-state index contributed by atoms with van der Waals surface area (Å²) in [4.78, 5) is 3.94. The Morgan fingerprint density at radius 1 is 1.36 bits per heavy atom. The number of halogens is 2. The van der Waals surface area contributed by atoms with Gasteiger partial charge in [0.2, 0.25) is 0 Å². The van der Waals surface area contributed by atoms with Gasteiger partial charge in [-0.1, -0.05) is 6.07 Å². The second-order valence-electron chi connectivity index (χ2n) is 2.62. The summed E-state index contributed by atoms with van der Waals surface area (Å²) < 4.78 is 28.3. The van der Waals surface area contributed by atoms with Crippen LogP contribution in [0.2, 0.25) is 0 Å². The van der Waals surface area contributed by atoms with Gasteiger partial charge in [0.15, 0.2) is 5.75 Å². The van der Waals surface area contributed by atoms with Crippen molar-refractivity contribution in [1.82, 2.24) is 4.98 Å². The molecular formula is C10H6F2NO. The predicted molar refractivity (Wildman–Crippen MR) is 47.2 cm³/mol. The molecule has 71 valence electrons. The number of benzene rings is 1. The highest BCUT2D eigenvalue weighted by Gasteiger charge is 2.08. The van der Waals surface area contributed by atoms with Crippen LogP contribution in [0.1, 0.15) is 0 Å². The summed E-state index contributed by atoms with van der Waals surface area (Å²) in [5.74, 6) is 0.0781. The minimum Gasteiger partial charge on any atom is -0.432 e. The van der Waals surface area contributed by atoms with Crippen LogP contribution >= 0.6 is 0 Å². The van der Waals surface area contributed by atoms with E-state index < -0.39 is 6.61 Å². The van der Waals surface area contributed by atoms with E-state index in [-0.39, 0.29) is 5.75 Å². The molecule has 0 atom stereocenters.